The summed E-state index contributed by atoms with van der Waals surface area (Å²) in [5.74, 6) is -2.37. The topological polar surface area (TPSA) is 29.5 Å². The summed E-state index contributed by atoms with van der Waals surface area (Å²) in [6.07, 6.45) is -3.83. The first-order chi connectivity index (χ1) is 9.75. The van der Waals surface area contributed by atoms with Crippen molar-refractivity contribution in [2.24, 2.45) is 5.92 Å². The lowest BCUT2D eigenvalue weighted by Gasteiger charge is -2.37. The van der Waals surface area contributed by atoms with Crippen molar-refractivity contribution in [3.8, 4) is 0 Å². The van der Waals surface area contributed by atoms with Crippen LogP contribution in [-0.4, -0.2) is 30.3 Å². The molecule has 0 bridgehead atoms. The Bertz CT molecular complexity index is 524. The number of carbonyl (C=O) groups is 1. The second kappa shape index (κ2) is 6.01. The molecule has 3 nitrogen and oxygen atoms in total. The van der Waals surface area contributed by atoms with E-state index >= 15 is 0 Å². The number of aryl methyl sites for hydroxylation is 2. The van der Waals surface area contributed by atoms with Crippen molar-refractivity contribution in [3.05, 3.63) is 35.1 Å². The minimum atomic E-state index is -4.98. The molecule has 116 valence electrons. The van der Waals surface area contributed by atoms with Crippen LogP contribution in [0.25, 0.3) is 0 Å². The fraction of sp³-hybridized carbons (Fsp3) is 0.500. The summed E-state index contributed by atoms with van der Waals surface area (Å²) in [6, 6.07) is 4.98. The zero-order valence-corrected chi connectivity index (χ0v) is 11.4. The number of carbonyl (C=O) groups excluding carboxylic acids is 1. The molecule has 2 rings (SSSR count). The highest BCUT2D eigenvalue weighted by atomic mass is 19.4. The smallest absolute Gasteiger partial charge is 0.361 e. The van der Waals surface area contributed by atoms with Gasteiger partial charge in [0.15, 0.2) is 0 Å². The van der Waals surface area contributed by atoms with Gasteiger partial charge in [-0.1, -0.05) is 12.1 Å². The van der Waals surface area contributed by atoms with Crippen molar-refractivity contribution in [3.63, 3.8) is 0 Å². The Morgan fingerprint density at radius 1 is 1.38 bits per heavy atom. The molecule has 0 aliphatic carbocycles. The van der Waals surface area contributed by atoms with Crippen LogP contribution >= 0.6 is 0 Å². The Morgan fingerprint density at radius 3 is 2.62 bits per heavy atom. The zero-order valence-electron chi connectivity index (χ0n) is 11.4. The number of hydrogen-bond donors (Lipinski definition) is 0. The van der Waals surface area contributed by atoms with Crippen molar-refractivity contribution < 1.29 is 27.2 Å². The maximum atomic E-state index is 13.6. The number of benzene rings is 1. The van der Waals surface area contributed by atoms with Crippen molar-refractivity contribution in [1.82, 2.24) is 5.06 Å². The van der Waals surface area contributed by atoms with Gasteiger partial charge in [0.25, 0.3) is 0 Å². The summed E-state index contributed by atoms with van der Waals surface area (Å²) in [5, 5.41) is 0.978. The molecule has 1 aliphatic heterocycles. The van der Waals surface area contributed by atoms with E-state index < -0.39 is 12.1 Å². The van der Waals surface area contributed by atoms with E-state index in [4.69, 9.17) is 0 Å². The van der Waals surface area contributed by atoms with Crippen LogP contribution in [0.3, 0.4) is 0 Å². The monoisotopic (exact) mass is 305 g/mol. The molecule has 0 aromatic heterocycles. The molecule has 1 aliphatic rings. The summed E-state index contributed by atoms with van der Waals surface area (Å²) < 4.78 is 49.5. The van der Waals surface area contributed by atoms with Crippen LogP contribution in [0, 0.1) is 18.7 Å². The van der Waals surface area contributed by atoms with Gasteiger partial charge in [0.2, 0.25) is 0 Å². The Kier molecular flexibility index (Phi) is 4.51. The Morgan fingerprint density at radius 2 is 2.05 bits per heavy atom. The van der Waals surface area contributed by atoms with Crippen molar-refractivity contribution >= 4 is 5.97 Å². The number of alkyl halides is 3. The normalized spacial score (nSPS) is 16.6. The first-order valence-electron chi connectivity index (χ1n) is 6.55. The summed E-state index contributed by atoms with van der Waals surface area (Å²) in [7, 11) is 0. The average Bonchev–Trinajstić information content (AvgIpc) is 2.32. The molecular formula is C14H15F4NO2. The number of hydrogen-bond acceptors (Lipinski definition) is 3. The summed E-state index contributed by atoms with van der Waals surface area (Å²) >= 11 is 0. The van der Waals surface area contributed by atoms with Crippen LogP contribution < -0.4 is 0 Å². The molecule has 7 heteroatoms. The first-order valence-corrected chi connectivity index (χ1v) is 6.55. The van der Waals surface area contributed by atoms with Gasteiger partial charge in [-0.25, -0.2) is 9.18 Å². The molecule has 0 atom stereocenters. The highest BCUT2D eigenvalue weighted by Crippen LogP contribution is 2.25. The minimum absolute atomic E-state index is 0.103. The molecule has 21 heavy (non-hydrogen) atoms. The van der Waals surface area contributed by atoms with Crippen molar-refractivity contribution in [2.45, 2.75) is 25.9 Å². The van der Waals surface area contributed by atoms with E-state index in [1.807, 2.05) is 6.07 Å². The Balaban J connectivity index is 1.72. The van der Waals surface area contributed by atoms with Crippen LogP contribution in [0.5, 0.6) is 0 Å². The molecule has 1 fully saturated rings. The summed E-state index contributed by atoms with van der Waals surface area (Å²) in [6.45, 7) is 2.29. The van der Waals surface area contributed by atoms with E-state index in [1.54, 1.807) is 13.0 Å². The van der Waals surface area contributed by atoms with Gasteiger partial charge in [-0.15, -0.1) is 5.06 Å². The van der Waals surface area contributed by atoms with Crippen LogP contribution in [0.2, 0.25) is 0 Å². The molecule has 1 saturated heterocycles. The molecule has 0 saturated carbocycles. The second-order valence-corrected chi connectivity index (χ2v) is 5.22. The van der Waals surface area contributed by atoms with E-state index in [0.717, 1.165) is 10.6 Å². The van der Waals surface area contributed by atoms with Gasteiger partial charge in [-0.2, -0.15) is 13.2 Å². The highest BCUT2D eigenvalue weighted by Gasteiger charge is 2.44. The zero-order chi connectivity index (χ0) is 15.6. The lowest BCUT2D eigenvalue weighted by atomic mass is 9.94. The van der Waals surface area contributed by atoms with E-state index in [1.165, 1.54) is 6.07 Å². The van der Waals surface area contributed by atoms with Crippen LogP contribution in [0.4, 0.5) is 17.6 Å². The maximum Gasteiger partial charge on any atom is 0.492 e. The number of nitrogens with zero attached hydrogens (tertiary/aromatic N) is 1. The molecule has 1 aromatic rings. The lowest BCUT2D eigenvalue weighted by molar-refractivity contribution is -0.258. The molecule has 0 N–H and O–H groups in total. The van der Waals surface area contributed by atoms with Gasteiger partial charge >= 0.3 is 12.1 Å². The van der Waals surface area contributed by atoms with E-state index in [2.05, 4.69) is 4.84 Å². The van der Waals surface area contributed by atoms with Gasteiger partial charge in [0.05, 0.1) is 0 Å². The van der Waals surface area contributed by atoms with Crippen LogP contribution in [0.1, 0.15) is 17.5 Å². The van der Waals surface area contributed by atoms with E-state index in [-0.39, 0.29) is 24.8 Å². The van der Waals surface area contributed by atoms with Crippen LogP contribution in [0.15, 0.2) is 18.2 Å². The quantitative estimate of drug-likeness (QED) is 0.801. The summed E-state index contributed by atoms with van der Waals surface area (Å²) in [4.78, 5) is 14.8. The fourth-order valence-electron chi connectivity index (χ4n) is 2.16. The summed E-state index contributed by atoms with van der Waals surface area (Å²) in [5.41, 5.74) is 1.43. The number of halogens is 4. The van der Waals surface area contributed by atoms with Gasteiger partial charge in [0.1, 0.15) is 5.82 Å². The van der Waals surface area contributed by atoms with Gasteiger partial charge in [-0.05, 0) is 42.9 Å². The molecule has 0 unspecified atom stereocenters. The number of hydroxylamine groups is 2. The Labute approximate surface area is 119 Å². The molecule has 0 spiro atoms. The third kappa shape index (κ3) is 4.17. The molecule has 1 heterocycles. The minimum Gasteiger partial charge on any atom is -0.361 e. The molecule has 0 radical (unpaired) electrons. The largest absolute Gasteiger partial charge is 0.492 e. The predicted molar refractivity (Wildman–Crippen MR) is 66.7 cm³/mol. The Hall–Kier alpha value is -1.63. The van der Waals surface area contributed by atoms with Crippen LogP contribution in [-0.2, 0) is 16.1 Å². The number of rotatable bonds is 4. The second-order valence-electron chi connectivity index (χ2n) is 5.22. The first kappa shape index (κ1) is 15.8. The van der Waals surface area contributed by atoms with Gasteiger partial charge in [0, 0.05) is 13.1 Å². The molecule has 1 aromatic carbocycles. The van der Waals surface area contributed by atoms with E-state index in [0.29, 0.717) is 18.4 Å². The van der Waals surface area contributed by atoms with Gasteiger partial charge < -0.3 is 4.84 Å². The highest BCUT2D eigenvalue weighted by molar-refractivity contribution is 5.75. The third-order valence-electron chi connectivity index (χ3n) is 3.40. The lowest BCUT2D eigenvalue weighted by Crippen LogP contribution is -2.49. The van der Waals surface area contributed by atoms with Gasteiger partial charge in [-0.3, -0.25) is 0 Å². The standard InChI is InChI=1S/C14H15F4NO2/c1-9-2-4-11(12(15)6-9)5-3-10-7-19(8-10)21-13(20)14(16,17)18/h2,4,6,10H,3,5,7-8H2,1H3. The van der Waals surface area contributed by atoms with Crippen molar-refractivity contribution in [2.75, 3.05) is 13.1 Å². The van der Waals surface area contributed by atoms with Crippen molar-refractivity contribution in [1.29, 1.82) is 0 Å². The third-order valence-corrected chi connectivity index (χ3v) is 3.40. The molecular weight excluding hydrogens is 290 g/mol. The SMILES string of the molecule is Cc1ccc(CCC2CN(OC(=O)C(F)(F)F)C2)c(F)c1. The van der Waals surface area contributed by atoms with E-state index in [9.17, 15) is 22.4 Å². The molecule has 0 amide bonds. The fourth-order valence-corrected chi connectivity index (χ4v) is 2.16. The predicted octanol–water partition coefficient (Wildman–Crippen LogP) is 3.02. The average molecular weight is 305 g/mol. The maximum absolute atomic E-state index is 13.6.